The zero-order chi connectivity index (χ0) is 44.9. The summed E-state index contributed by atoms with van der Waals surface area (Å²) >= 11 is 0. The Hall–Kier alpha value is -1.65. The molecule has 0 radical (unpaired) electrons. The molecular formula is C58H109NO3. The number of carbonyl (C=O) groups excluding carboxylic acids is 1. The van der Waals surface area contributed by atoms with Gasteiger partial charge in [-0.2, -0.15) is 0 Å². The van der Waals surface area contributed by atoms with Gasteiger partial charge in [-0.15, -0.1) is 0 Å². The third kappa shape index (κ3) is 49.4. The van der Waals surface area contributed by atoms with Gasteiger partial charge >= 0.3 is 0 Å². The highest BCUT2D eigenvalue weighted by atomic mass is 16.3. The van der Waals surface area contributed by atoms with Crippen molar-refractivity contribution in [2.24, 2.45) is 0 Å². The zero-order valence-electron chi connectivity index (χ0n) is 41.9. The number of hydrogen-bond donors (Lipinski definition) is 3. The smallest absolute Gasteiger partial charge is 0.220 e. The van der Waals surface area contributed by atoms with E-state index in [4.69, 9.17) is 0 Å². The molecule has 2 atom stereocenters. The third-order valence-electron chi connectivity index (χ3n) is 12.8. The van der Waals surface area contributed by atoms with Crippen molar-refractivity contribution in [3.05, 3.63) is 48.6 Å². The Bertz CT molecular complexity index is 985. The maximum Gasteiger partial charge on any atom is 0.220 e. The van der Waals surface area contributed by atoms with Crippen LogP contribution in [0.15, 0.2) is 48.6 Å². The van der Waals surface area contributed by atoms with E-state index in [-0.39, 0.29) is 12.5 Å². The number of allylic oxidation sites excluding steroid dienone is 7. The van der Waals surface area contributed by atoms with Crippen LogP contribution in [-0.2, 0) is 4.79 Å². The molecule has 0 saturated heterocycles. The number of carbonyl (C=O) groups is 1. The molecule has 0 saturated carbocycles. The van der Waals surface area contributed by atoms with Crippen molar-refractivity contribution in [1.29, 1.82) is 0 Å². The highest BCUT2D eigenvalue weighted by molar-refractivity contribution is 5.76. The van der Waals surface area contributed by atoms with E-state index in [1.165, 1.54) is 238 Å². The zero-order valence-corrected chi connectivity index (χ0v) is 41.9. The van der Waals surface area contributed by atoms with E-state index < -0.39 is 12.1 Å². The topological polar surface area (TPSA) is 69.6 Å². The quantitative estimate of drug-likeness (QED) is 0.0421. The number of aliphatic hydroxyl groups excluding tert-OH is 2. The first-order chi connectivity index (χ1) is 30.7. The SMILES string of the molecule is CCCCCCC/C=C\C/C=C\CCCCCCCCCCCCCCCC(=O)NC(CO)C(O)/C=C/CC/C=C/CCCCCCCCCCCCCCCCCCCCC. The maximum atomic E-state index is 12.5. The van der Waals surface area contributed by atoms with E-state index in [1.807, 2.05) is 6.08 Å². The summed E-state index contributed by atoms with van der Waals surface area (Å²) in [6.07, 6.45) is 74.1. The average molecular weight is 869 g/mol. The summed E-state index contributed by atoms with van der Waals surface area (Å²) in [4.78, 5) is 12.5. The van der Waals surface area contributed by atoms with E-state index >= 15 is 0 Å². The molecule has 364 valence electrons. The lowest BCUT2D eigenvalue weighted by Gasteiger charge is -2.19. The second-order valence-electron chi connectivity index (χ2n) is 19.0. The molecule has 2 unspecified atom stereocenters. The molecule has 0 aliphatic heterocycles. The molecule has 4 heteroatoms. The highest BCUT2D eigenvalue weighted by Crippen LogP contribution is 2.17. The van der Waals surface area contributed by atoms with Crippen LogP contribution in [0.4, 0.5) is 0 Å². The Labute approximate surface area is 388 Å². The van der Waals surface area contributed by atoms with Gasteiger partial charge in [-0.05, 0) is 64.2 Å². The van der Waals surface area contributed by atoms with Gasteiger partial charge in [0.1, 0.15) is 0 Å². The molecule has 0 aromatic rings. The molecular weight excluding hydrogens is 759 g/mol. The van der Waals surface area contributed by atoms with Gasteiger partial charge in [0.05, 0.1) is 18.8 Å². The third-order valence-corrected chi connectivity index (χ3v) is 12.8. The second-order valence-corrected chi connectivity index (χ2v) is 19.0. The summed E-state index contributed by atoms with van der Waals surface area (Å²) in [5.41, 5.74) is 0. The fraction of sp³-hybridized carbons (Fsp3) is 0.845. The summed E-state index contributed by atoms with van der Waals surface area (Å²) in [5, 5.41) is 23.1. The molecule has 0 heterocycles. The summed E-state index contributed by atoms with van der Waals surface area (Å²) in [6, 6.07) is -0.641. The normalized spacial score (nSPS) is 13.2. The van der Waals surface area contributed by atoms with Crippen LogP contribution in [0, 0.1) is 0 Å². The van der Waals surface area contributed by atoms with Gasteiger partial charge in [0.15, 0.2) is 0 Å². The van der Waals surface area contributed by atoms with Crippen molar-refractivity contribution >= 4 is 5.91 Å². The van der Waals surface area contributed by atoms with Gasteiger partial charge < -0.3 is 15.5 Å². The van der Waals surface area contributed by atoms with Crippen LogP contribution in [0.25, 0.3) is 0 Å². The van der Waals surface area contributed by atoms with Crippen molar-refractivity contribution in [2.75, 3.05) is 6.61 Å². The van der Waals surface area contributed by atoms with Crippen molar-refractivity contribution in [3.63, 3.8) is 0 Å². The van der Waals surface area contributed by atoms with Crippen LogP contribution in [0.3, 0.4) is 0 Å². The van der Waals surface area contributed by atoms with Crippen LogP contribution in [-0.4, -0.2) is 34.9 Å². The Kier molecular flexibility index (Phi) is 52.3. The average Bonchev–Trinajstić information content (AvgIpc) is 3.28. The van der Waals surface area contributed by atoms with Crippen LogP contribution < -0.4 is 5.32 Å². The van der Waals surface area contributed by atoms with Crippen LogP contribution in [0.2, 0.25) is 0 Å². The summed E-state index contributed by atoms with van der Waals surface area (Å²) in [7, 11) is 0. The summed E-state index contributed by atoms with van der Waals surface area (Å²) in [6.45, 7) is 4.31. The number of unbranched alkanes of at least 4 members (excludes halogenated alkanes) is 38. The molecule has 0 rings (SSSR count). The Morgan fingerprint density at radius 1 is 0.387 bits per heavy atom. The van der Waals surface area contributed by atoms with Crippen molar-refractivity contribution in [2.45, 2.75) is 309 Å². The largest absolute Gasteiger partial charge is 0.394 e. The highest BCUT2D eigenvalue weighted by Gasteiger charge is 2.18. The van der Waals surface area contributed by atoms with Crippen molar-refractivity contribution in [1.82, 2.24) is 5.32 Å². The number of nitrogens with one attached hydrogen (secondary N) is 1. The van der Waals surface area contributed by atoms with Crippen LogP contribution in [0.5, 0.6) is 0 Å². The molecule has 0 aromatic heterocycles. The minimum absolute atomic E-state index is 0.0720. The molecule has 4 nitrogen and oxygen atoms in total. The minimum Gasteiger partial charge on any atom is -0.394 e. The standard InChI is InChI=1S/C58H109NO3/c1-3-5-7-9-11-13-15-17-19-21-23-25-27-29-31-33-35-37-39-41-43-45-47-49-51-53-57(61)56(55-60)59-58(62)54-52-50-48-46-44-42-40-38-36-34-32-30-28-26-24-22-20-18-16-14-12-10-8-6-4-2/h16,18,22,24,43,45,51,53,56-57,60-61H,3-15,17,19-21,23,25-42,44,46-50,52,54-55H2,1-2H3,(H,59,62)/b18-16-,24-22-,45-43+,53-51+. The van der Waals surface area contributed by atoms with Crippen LogP contribution >= 0.6 is 0 Å². The second kappa shape index (κ2) is 53.7. The number of aliphatic hydroxyl groups is 2. The monoisotopic (exact) mass is 868 g/mol. The lowest BCUT2D eigenvalue weighted by molar-refractivity contribution is -0.123. The van der Waals surface area contributed by atoms with Gasteiger partial charge in [-0.3, -0.25) is 4.79 Å². The van der Waals surface area contributed by atoms with Gasteiger partial charge in [0, 0.05) is 6.42 Å². The number of amides is 1. The van der Waals surface area contributed by atoms with E-state index in [0.29, 0.717) is 6.42 Å². The summed E-state index contributed by atoms with van der Waals surface area (Å²) < 4.78 is 0. The number of rotatable bonds is 51. The molecule has 0 spiro atoms. The molecule has 0 fully saturated rings. The van der Waals surface area contributed by atoms with E-state index in [2.05, 4.69) is 55.6 Å². The van der Waals surface area contributed by atoms with Gasteiger partial charge in [0.2, 0.25) is 5.91 Å². The molecule has 3 N–H and O–H groups in total. The van der Waals surface area contributed by atoms with E-state index in [0.717, 1.165) is 38.5 Å². The van der Waals surface area contributed by atoms with Crippen LogP contribution in [0.1, 0.15) is 296 Å². The molecule has 0 aromatic carbocycles. The molecule has 62 heavy (non-hydrogen) atoms. The predicted octanol–water partition coefficient (Wildman–Crippen LogP) is 18.3. The minimum atomic E-state index is -0.864. The Morgan fingerprint density at radius 2 is 0.677 bits per heavy atom. The lowest BCUT2D eigenvalue weighted by atomic mass is 10.0. The van der Waals surface area contributed by atoms with Crippen molar-refractivity contribution in [3.8, 4) is 0 Å². The first-order valence-electron chi connectivity index (χ1n) is 27.9. The first-order valence-corrected chi connectivity index (χ1v) is 27.9. The van der Waals surface area contributed by atoms with Gasteiger partial charge in [-0.25, -0.2) is 0 Å². The maximum absolute atomic E-state index is 12.5. The van der Waals surface area contributed by atoms with E-state index in [1.54, 1.807) is 6.08 Å². The van der Waals surface area contributed by atoms with Crippen molar-refractivity contribution < 1.29 is 15.0 Å². The molecule has 1 amide bonds. The molecule has 0 bridgehead atoms. The fourth-order valence-corrected chi connectivity index (χ4v) is 8.52. The van der Waals surface area contributed by atoms with Gasteiger partial charge in [-0.1, -0.05) is 274 Å². The predicted molar refractivity (Wildman–Crippen MR) is 276 cm³/mol. The Balaban J connectivity index is 3.53. The van der Waals surface area contributed by atoms with E-state index in [9.17, 15) is 15.0 Å². The molecule has 0 aliphatic carbocycles. The first kappa shape index (κ1) is 60.4. The summed E-state index contributed by atoms with van der Waals surface area (Å²) in [5.74, 6) is -0.0720. The lowest BCUT2D eigenvalue weighted by Crippen LogP contribution is -2.45. The van der Waals surface area contributed by atoms with Gasteiger partial charge in [0.25, 0.3) is 0 Å². The molecule has 0 aliphatic rings. The fourth-order valence-electron chi connectivity index (χ4n) is 8.52. The Morgan fingerprint density at radius 3 is 1.03 bits per heavy atom. The number of hydrogen-bond acceptors (Lipinski definition) is 3.